The lowest BCUT2D eigenvalue weighted by Crippen LogP contribution is -2.23. The SMILES string of the molecule is COCCOCCOc1ccc(P(=O)(C(=O)c2c(C)cc(C)cc2C)C(=O)c2c(C)cc(C)cc2C)cc1. The van der Waals surface area contributed by atoms with Crippen molar-refractivity contribution < 1.29 is 28.4 Å². The Bertz CT molecular complexity index is 1250. The molecule has 0 amide bonds. The van der Waals surface area contributed by atoms with Crippen molar-refractivity contribution in [3.8, 4) is 5.75 Å². The Morgan fingerprint density at radius 2 is 1.08 bits per heavy atom. The van der Waals surface area contributed by atoms with E-state index in [0.29, 0.717) is 65.6 Å². The maximum Gasteiger partial charge on any atom is 0.248 e. The van der Waals surface area contributed by atoms with E-state index in [1.54, 1.807) is 31.4 Å². The summed E-state index contributed by atoms with van der Waals surface area (Å²) in [4.78, 5) is 28.3. The van der Waals surface area contributed by atoms with Gasteiger partial charge in [0.25, 0.3) is 0 Å². The first-order valence-electron chi connectivity index (χ1n) is 12.7. The number of rotatable bonds is 12. The zero-order chi connectivity index (χ0) is 28.0. The molecule has 3 aromatic carbocycles. The third-order valence-corrected chi connectivity index (χ3v) is 9.10. The van der Waals surface area contributed by atoms with Crippen molar-refractivity contribution in [3.63, 3.8) is 0 Å². The van der Waals surface area contributed by atoms with Crippen LogP contribution < -0.4 is 10.0 Å². The fourth-order valence-corrected chi connectivity index (χ4v) is 7.45. The summed E-state index contributed by atoms with van der Waals surface area (Å²) in [5.74, 6) is 0.529. The van der Waals surface area contributed by atoms with Crippen LogP contribution in [0.1, 0.15) is 54.1 Å². The molecule has 3 aromatic rings. The third-order valence-electron chi connectivity index (χ3n) is 6.48. The largest absolute Gasteiger partial charge is 0.491 e. The first-order chi connectivity index (χ1) is 18.0. The highest BCUT2D eigenvalue weighted by Crippen LogP contribution is 2.53. The number of carbonyl (C=O) groups excluding carboxylic acids is 2. The topological polar surface area (TPSA) is 78.9 Å². The van der Waals surface area contributed by atoms with E-state index in [0.717, 1.165) is 11.1 Å². The van der Waals surface area contributed by atoms with Gasteiger partial charge in [0.1, 0.15) is 12.4 Å². The fourth-order valence-electron chi connectivity index (χ4n) is 4.89. The summed E-state index contributed by atoms with van der Waals surface area (Å²) in [6, 6.07) is 13.9. The van der Waals surface area contributed by atoms with E-state index in [9.17, 15) is 14.2 Å². The van der Waals surface area contributed by atoms with Crippen LogP contribution in [0.4, 0.5) is 0 Å². The zero-order valence-electron chi connectivity index (χ0n) is 23.3. The van der Waals surface area contributed by atoms with Gasteiger partial charge in [-0.3, -0.25) is 9.59 Å². The first kappa shape index (κ1) is 29.5. The molecule has 0 saturated carbocycles. The Kier molecular flexibility index (Phi) is 9.83. The zero-order valence-corrected chi connectivity index (χ0v) is 24.2. The predicted molar refractivity (Wildman–Crippen MR) is 152 cm³/mol. The third kappa shape index (κ3) is 6.32. The molecule has 0 saturated heterocycles. The fraction of sp³-hybridized carbons (Fsp3) is 0.355. The molecule has 3 rings (SSSR count). The van der Waals surface area contributed by atoms with Gasteiger partial charge in [0.15, 0.2) is 0 Å². The number of methoxy groups -OCH3 is 1. The van der Waals surface area contributed by atoms with E-state index in [4.69, 9.17) is 14.2 Å². The van der Waals surface area contributed by atoms with E-state index in [1.165, 1.54) is 0 Å². The molecular formula is C31H37O6P. The molecule has 0 aliphatic rings. The van der Waals surface area contributed by atoms with E-state index in [2.05, 4.69) is 0 Å². The number of hydrogen-bond donors (Lipinski definition) is 0. The van der Waals surface area contributed by atoms with Gasteiger partial charge in [-0.1, -0.05) is 35.4 Å². The standard InChI is InChI=1S/C31H37O6P/c1-20-16-22(3)28(23(4)17-20)30(32)38(34,31(33)29-24(5)18-21(2)19-25(29)6)27-10-8-26(9-11-27)37-15-14-36-13-12-35-7/h8-11,16-19H,12-15H2,1-7H3. The highest BCUT2D eigenvalue weighted by molar-refractivity contribution is 8.01. The Balaban J connectivity index is 2.05. The van der Waals surface area contributed by atoms with Crippen molar-refractivity contribution in [1.29, 1.82) is 0 Å². The molecular weight excluding hydrogens is 499 g/mol. The molecule has 0 radical (unpaired) electrons. The Morgan fingerprint density at radius 1 is 0.658 bits per heavy atom. The van der Waals surface area contributed by atoms with Crippen LogP contribution in [0.5, 0.6) is 5.75 Å². The van der Waals surface area contributed by atoms with Crippen molar-refractivity contribution in [2.45, 2.75) is 41.5 Å². The first-order valence-corrected chi connectivity index (χ1v) is 14.4. The summed E-state index contributed by atoms with van der Waals surface area (Å²) in [7, 11) is -2.66. The Hall–Kier alpha value is -3.05. The summed E-state index contributed by atoms with van der Waals surface area (Å²) in [6.07, 6.45) is 0. The second-order valence-electron chi connectivity index (χ2n) is 9.71. The Labute approximate surface area is 225 Å². The van der Waals surface area contributed by atoms with Gasteiger partial charge in [-0.05, 0) is 88.1 Å². The summed E-state index contributed by atoms with van der Waals surface area (Å²) < 4.78 is 31.0. The minimum atomic E-state index is -4.27. The van der Waals surface area contributed by atoms with Crippen LogP contribution in [0.25, 0.3) is 0 Å². The number of carbonyl (C=O) groups is 2. The molecule has 0 aliphatic carbocycles. The van der Waals surface area contributed by atoms with Gasteiger partial charge in [-0.25, -0.2) is 0 Å². The highest BCUT2D eigenvalue weighted by Gasteiger charge is 2.44. The minimum absolute atomic E-state index is 0.190. The van der Waals surface area contributed by atoms with Gasteiger partial charge in [-0.15, -0.1) is 0 Å². The quantitative estimate of drug-likeness (QED) is 0.201. The molecule has 38 heavy (non-hydrogen) atoms. The van der Waals surface area contributed by atoms with Crippen LogP contribution in [-0.2, 0) is 14.0 Å². The second-order valence-corrected chi connectivity index (χ2v) is 12.3. The molecule has 0 atom stereocenters. The average molecular weight is 537 g/mol. The molecule has 0 spiro atoms. The molecule has 0 aliphatic heterocycles. The molecule has 0 N–H and O–H groups in total. The van der Waals surface area contributed by atoms with Crippen molar-refractivity contribution in [1.82, 2.24) is 0 Å². The van der Waals surface area contributed by atoms with E-state index in [-0.39, 0.29) is 5.30 Å². The van der Waals surface area contributed by atoms with E-state index in [1.807, 2.05) is 65.8 Å². The number of benzene rings is 3. The molecule has 7 heteroatoms. The van der Waals surface area contributed by atoms with Gasteiger partial charge >= 0.3 is 0 Å². The smallest absolute Gasteiger partial charge is 0.248 e. The van der Waals surface area contributed by atoms with Crippen molar-refractivity contribution >= 4 is 23.5 Å². The Morgan fingerprint density at radius 3 is 1.50 bits per heavy atom. The molecule has 0 bridgehead atoms. The van der Waals surface area contributed by atoms with Crippen LogP contribution in [0.15, 0.2) is 48.5 Å². The van der Waals surface area contributed by atoms with Crippen molar-refractivity contribution in [2.24, 2.45) is 0 Å². The maximum atomic E-state index is 14.9. The average Bonchev–Trinajstić information content (AvgIpc) is 2.84. The van der Waals surface area contributed by atoms with Gasteiger partial charge < -0.3 is 18.8 Å². The monoisotopic (exact) mass is 536 g/mol. The molecule has 0 unspecified atom stereocenters. The molecule has 6 nitrogen and oxygen atoms in total. The summed E-state index contributed by atoms with van der Waals surface area (Å²) in [6.45, 7) is 12.8. The maximum absolute atomic E-state index is 14.9. The van der Waals surface area contributed by atoms with E-state index >= 15 is 0 Å². The van der Waals surface area contributed by atoms with Crippen LogP contribution in [0.2, 0.25) is 0 Å². The number of ether oxygens (including phenoxy) is 3. The second kappa shape index (κ2) is 12.7. The number of hydrogen-bond acceptors (Lipinski definition) is 6. The van der Waals surface area contributed by atoms with Gasteiger partial charge in [0, 0.05) is 23.5 Å². The lowest BCUT2D eigenvalue weighted by atomic mass is 10.0. The normalized spacial score (nSPS) is 11.4. The molecule has 0 aromatic heterocycles. The molecule has 202 valence electrons. The summed E-state index contributed by atoms with van der Waals surface area (Å²) in [5.41, 5.74) is 4.18. The van der Waals surface area contributed by atoms with Gasteiger partial charge in [0.05, 0.1) is 19.8 Å². The highest BCUT2D eigenvalue weighted by atomic mass is 31.2. The van der Waals surface area contributed by atoms with Crippen LogP contribution >= 0.6 is 7.14 Å². The summed E-state index contributed by atoms with van der Waals surface area (Å²) in [5, 5.41) is 0.190. The van der Waals surface area contributed by atoms with E-state index < -0.39 is 18.2 Å². The van der Waals surface area contributed by atoms with Crippen molar-refractivity contribution in [2.75, 3.05) is 33.5 Å². The lowest BCUT2D eigenvalue weighted by molar-refractivity contribution is 0.0544. The summed E-state index contributed by atoms with van der Waals surface area (Å²) >= 11 is 0. The predicted octanol–water partition coefficient (Wildman–Crippen LogP) is 6.25. The van der Waals surface area contributed by atoms with Crippen LogP contribution in [-0.4, -0.2) is 44.6 Å². The van der Waals surface area contributed by atoms with Crippen LogP contribution in [0, 0.1) is 41.5 Å². The van der Waals surface area contributed by atoms with Gasteiger partial charge in [-0.2, -0.15) is 0 Å². The van der Waals surface area contributed by atoms with Gasteiger partial charge in [0.2, 0.25) is 18.2 Å². The molecule has 0 heterocycles. The lowest BCUT2D eigenvalue weighted by Gasteiger charge is -2.21. The van der Waals surface area contributed by atoms with Crippen LogP contribution in [0.3, 0.4) is 0 Å². The minimum Gasteiger partial charge on any atom is -0.491 e. The molecule has 0 fully saturated rings. The van der Waals surface area contributed by atoms with Crippen molar-refractivity contribution in [3.05, 3.63) is 93.0 Å². The number of aryl methyl sites for hydroxylation is 6.